The molecule has 10 heteroatoms. The fourth-order valence-corrected chi connectivity index (χ4v) is 4.98. The lowest BCUT2D eigenvalue weighted by atomic mass is 9.93. The van der Waals surface area contributed by atoms with Crippen LogP contribution in [0.2, 0.25) is 0 Å². The number of Topliss-reactive ketones (excluding diaryl/α,β-unsaturated/α-hetero) is 1. The summed E-state index contributed by atoms with van der Waals surface area (Å²) in [6, 6.07) is 18.3. The van der Waals surface area contributed by atoms with E-state index in [2.05, 4.69) is 15.6 Å². The molecule has 1 fully saturated rings. The lowest BCUT2D eigenvalue weighted by Gasteiger charge is -2.29. The molecule has 0 spiro atoms. The molecule has 2 unspecified atom stereocenters. The van der Waals surface area contributed by atoms with Crippen LogP contribution >= 0.6 is 0 Å². The van der Waals surface area contributed by atoms with Crippen LogP contribution in [0, 0.1) is 6.92 Å². The van der Waals surface area contributed by atoms with Gasteiger partial charge in [-0.3, -0.25) is 9.59 Å². The molecule has 4 atom stereocenters. The Hall–Kier alpha value is -4.70. The van der Waals surface area contributed by atoms with Crippen molar-refractivity contribution < 1.29 is 33.0 Å². The van der Waals surface area contributed by atoms with E-state index in [1.165, 1.54) is 20.4 Å². The Labute approximate surface area is 237 Å². The summed E-state index contributed by atoms with van der Waals surface area (Å²) in [7, 11) is 1.31. The van der Waals surface area contributed by atoms with Crippen molar-refractivity contribution >= 4 is 34.5 Å². The number of nitrogens with zero attached hydrogens (tertiary/aromatic N) is 1. The number of hydrogen-bond donors (Lipinski definition) is 2. The number of ether oxygens (including phenoxy) is 3. The summed E-state index contributed by atoms with van der Waals surface area (Å²) in [5.41, 5.74) is 4.02. The molecule has 0 radical (unpaired) electrons. The largest absolute Gasteiger partial charge is 0.481 e. The minimum atomic E-state index is -0.980. The van der Waals surface area contributed by atoms with Crippen LogP contribution in [-0.4, -0.2) is 54.6 Å². The third-order valence-electron chi connectivity index (χ3n) is 7.06. The van der Waals surface area contributed by atoms with Crippen molar-refractivity contribution in [2.24, 2.45) is 0 Å². The number of anilines is 1. The van der Waals surface area contributed by atoms with Gasteiger partial charge in [0, 0.05) is 25.6 Å². The molecule has 3 aromatic carbocycles. The lowest BCUT2D eigenvalue weighted by Crippen LogP contribution is -2.47. The molecule has 212 valence electrons. The molecule has 1 aliphatic heterocycles. The number of benzene rings is 3. The molecule has 5 rings (SSSR count). The average molecular weight is 558 g/mol. The zero-order valence-electron chi connectivity index (χ0n) is 23.0. The van der Waals surface area contributed by atoms with E-state index in [4.69, 9.17) is 18.6 Å². The van der Waals surface area contributed by atoms with Crippen LogP contribution in [0.15, 0.2) is 77.5 Å². The van der Waals surface area contributed by atoms with E-state index in [0.29, 0.717) is 40.9 Å². The maximum Gasteiger partial charge on any atom is 0.337 e. The first kappa shape index (κ1) is 27.9. The van der Waals surface area contributed by atoms with Crippen molar-refractivity contribution in [1.29, 1.82) is 0 Å². The number of aromatic nitrogens is 1. The van der Waals surface area contributed by atoms with Crippen LogP contribution in [0.25, 0.3) is 11.1 Å². The van der Waals surface area contributed by atoms with Crippen LogP contribution in [-0.2, 0) is 19.1 Å². The minimum Gasteiger partial charge on any atom is -0.481 e. The molecule has 2 heterocycles. The number of rotatable bonds is 10. The number of hydrogen-bond acceptors (Lipinski definition) is 10. The summed E-state index contributed by atoms with van der Waals surface area (Å²) >= 11 is 0. The topological polar surface area (TPSA) is 129 Å². The number of oxazole rings is 1. The molecule has 2 N–H and O–H groups in total. The first-order valence-corrected chi connectivity index (χ1v) is 13.3. The highest BCUT2D eigenvalue weighted by atomic mass is 16.5. The van der Waals surface area contributed by atoms with E-state index in [9.17, 15) is 14.4 Å². The summed E-state index contributed by atoms with van der Waals surface area (Å²) < 4.78 is 22.1. The first-order chi connectivity index (χ1) is 19.8. The quantitative estimate of drug-likeness (QED) is 0.271. The fraction of sp³-hybridized carbons (Fsp3) is 0.290. The van der Waals surface area contributed by atoms with E-state index >= 15 is 0 Å². The van der Waals surface area contributed by atoms with Gasteiger partial charge in [0.25, 0.3) is 0 Å². The molecule has 1 aromatic heterocycles. The number of esters is 2. The average Bonchev–Trinajstić information content (AvgIpc) is 3.64. The molecule has 4 aromatic rings. The molecule has 10 nitrogen and oxygen atoms in total. The van der Waals surface area contributed by atoms with Crippen molar-refractivity contribution in [3.05, 3.63) is 89.8 Å². The minimum absolute atomic E-state index is 0.245. The van der Waals surface area contributed by atoms with Gasteiger partial charge in [-0.15, -0.1) is 0 Å². The normalized spacial score (nSPS) is 17.9. The zero-order valence-corrected chi connectivity index (χ0v) is 23.0. The van der Waals surface area contributed by atoms with E-state index in [1.54, 1.807) is 36.4 Å². The summed E-state index contributed by atoms with van der Waals surface area (Å²) in [6.07, 6.45) is 0.369. The number of para-hydroxylation sites is 1. The number of methoxy groups -OCH3 is 1. The number of aryl methyl sites for hydroxylation is 1. The van der Waals surface area contributed by atoms with Crippen LogP contribution in [0.4, 0.5) is 5.69 Å². The predicted molar refractivity (Wildman–Crippen MR) is 151 cm³/mol. The maximum absolute atomic E-state index is 14.5. The molecule has 0 amide bonds. The highest BCUT2D eigenvalue weighted by Crippen LogP contribution is 2.30. The SMILES string of the molecule is COC(=O)c1ccc(OC(C(=O)C(Nc2ccccc2C)c2ccc3ncoc3c2)[C@@H]2C[C@H](OC(C)=O)CN2)cc1. The fourth-order valence-electron chi connectivity index (χ4n) is 4.98. The molecule has 0 aliphatic carbocycles. The number of fused-ring (bicyclic) bond motifs is 1. The Bertz CT molecular complexity index is 1550. The van der Waals surface area contributed by atoms with Gasteiger partial charge in [0.05, 0.1) is 18.7 Å². The van der Waals surface area contributed by atoms with Gasteiger partial charge in [0.2, 0.25) is 5.78 Å². The number of carbonyl (C=O) groups excluding carboxylic acids is 3. The summed E-state index contributed by atoms with van der Waals surface area (Å²) in [5, 5.41) is 6.72. The summed E-state index contributed by atoms with van der Waals surface area (Å²) in [6.45, 7) is 3.71. The van der Waals surface area contributed by atoms with Crippen molar-refractivity contribution in [3.8, 4) is 5.75 Å². The first-order valence-electron chi connectivity index (χ1n) is 13.3. The number of ketones is 1. The van der Waals surface area contributed by atoms with Crippen molar-refractivity contribution in [2.45, 2.75) is 44.6 Å². The van der Waals surface area contributed by atoms with Gasteiger partial charge < -0.3 is 29.3 Å². The van der Waals surface area contributed by atoms with E-state index < -0.39 is 30.3 Å². The van der Waals surface area contributed by atoms with Gasteiger partial charge in [-0.1, -0.05) is 24.3 Å². The van der Waals surface area contributed by atoms with Crippen LogP contribution in [0.5, 0.6) is 5.75 Å². The Morgan fingerprint density at radius 1 is 1.07 bits per heavy atom. The van der Waals surface area contributed by atoms with Crippen LogP contribution < -0.4 is 15.4 Å². The van der Waals surface area contributed by atoms with Crippen molar-refractivity contribution in [1.82, 2.24) is 10.3 Å². The number of carbonyl (C=O) groups is 3. The molecule has 41 heavy (non-hydrogen) atoms. The van der Waals surface area contributed by atoms with E-state index in [1.807, 2.05) is 37.3 Å². The molecule has 1 aliphatic rings. The second kappa shape index (κ2) is 12.2. The van der Waals surface area contributed by atoms with Gasteiger partial charge in [-0.25, -0.2) is 9.78 Å². The Balaban J connectivity index is 1.51. The van der Waals surface area contributed by atoms with Gasteiger partial charge >= 0.3 is 11.9 Å². The summed E-state index contributed by atoms with van der Waals surface area (Å²) in [5.74, 6) is -0.713. The van der Waals surface area contributed by atoms with Crippen LogP contribution in [0.3, 0.4) is 0 Å². The van der Waals surface area contributed by atoms with Crippen LogP contribution in [0.1, 0.15) is 40.9 Å². The third kappa shape index (κ3) is 6.38. The molecule has 0 saturated carbocycles. The molecular formula is C31H31N3O7. The number of nitrogens with one attached hydrogen (secondary N) is 2. The molecule has 0 bridgehead atoms. The van der Waals surface area contributed by atoms with Gasteiger partial charge in [0.1, 0.15) is 23.4 Å². The Kier molecular flexibility index (Phi) is 8.30. The molecular weight excluding hydrogens is 526 g/mol. The zero-order chi connectivity index (χ0) is 28.9. The van der Waals surface area contributed by atoms with E-state index in [0.717, 1.165) is 11.3 Å². The predicted octanol–water partition coefficient (Wildman–Crippen LogP) is 4.39. The Morgan fingerprint density at radius 3 is 2.59 bits per heavy atom. The highest BCUT2D eigenvalue weighted by Gasteiger charge is 2.41. The van der Waals surface area contributed by atoms with Gasteiger partial charge in [-0.2, -0.15) is 0 Å². The van der Waals surface area contributed by atoms with E-state index in [-0.39, 0.29) is 11.8 Å². The lowest BCUT2D eigenvalue weighted by molar-refractivity contribution is -0.145. The van der Waals surface area contributed by atoms with Gasteiger partial charge in [-0.05, 0) is 60.5 Å². The van der Waals surface area contributed by atoms with Gasteiger partial charge in [0.15, 0.2) is 18.1 Å². The summed E-state index contributed by atoms with van der Waals surface area (Å²) in [4.78, 5) is 42.2. The second-order valence-electron chi connectivity index (χ2n) is 9.91. The van der Waals surface area contributed by atoms with Crippen molar-refractivity contribution in [3.63, 3.8) is 0 Å². The smallest absolute Gasteiger partial charge is 0.337 e. The van der Waals surface area contributed by atoms with Crippen molar-refractivity contribution in [2.75, 3.05) is 19.0 Å². The highest BCUT2D eigenvalue weighted by molar-refractivity contribution is 5.94. The third-order valence-corrected chi connectivity index (χ3v) is 7.06. The standard InChI is InChI=1S/C31H31N3O7/c1-18-6-4-5-7-24(18)34-28(21-10-13-25-27(14-21)39-17-33-25)29(36)30(26-15-23(16-32-26)40-19(2)35)41-22-11-8-20(9-12-22)31(37)38-3/h4-14,17,23,26,28,30,32,34H,15-16H2,1-3H3/t23-,26-,28?,30?/m0/s1. The molecule has 1 saturated heterocycles. The Morgan fingerprint density at radius 2 is 1.85 bits per heavy atom. The maximum atomic E-state index is 14.5. The second-order valence-corrected chi connectivity index (χ2v) is 9.91. The monoisotopic (exact) mass is 557 g/mol.